The smallest absolute Gasteiger partial charge is 0.272 e. The number of para-hydroxylation sites is 1. The third kappa shape index (κ3) is 9.14. The predicted octanol–water partition coefficient (Wildman–Crippen LogP) is 6.63. The van der Waals surface area contributed by atoms with Crippen LogP contribution in [0.5, 0.6) is 17.2 Å². The van der Waals surface area contributed by atoms with Gasteiger partial charge in [-0.1, -0.05) is 36.4 Å². The summed E-state index contributed by atoms with van der Waals surface area (Å²) >= 11 is 1.35. The van der Waals surface area contributed by atoms with E-state index in [1.807, 2.05) is 13.0 Å². The standard InChI is InChI=1S/C35H35N3O6S/c1-5-44-28-19-17-26(18-20-28)36-33(39)23(2)45-29-15-10-14-27(22-29)37-35(41)30(38-34(40)24-11-7-6-8-12-24)21-25-13-9-16-31(42-3)32(25)43-4/h6-23H,5H2,1-4H3,(H,36,39)(H,37,41)(H,38,40)/b30-21+. The molecular formula is C35H35N3O6S. The Kier molecular flexibility index (Phi) is 11.6. The number of carbonyl (C=O) groups excluding carboxylic acids is 3. The maximum atomic E-state index is 13.6. The molecule has 0 saturated heterocycles. The number of benzene rings is 4. The fourth-order valence-electron chi connectivity index (χ4n) is 4.27. The van der Waals surface area contributed by atoms with Gasteiger partial charge < -0.3 is 30.2 Å². The highest BCUT2D eigenvalue weighted by molar-refractivity contribution is 8.00. The van der Waals surface area contributed by atoms with Gasteiger partial charge in [-0.3, -0.25) is 14.4 Å². The van der Waals surface area contributed by atoms with Crippen molar-refractivity contribution in [3.8, 4) is 17.2 Å². The maximum Gasteiger partial charge on any atom is 0.272 e. The lowest BCUT2D eigenvalue weighted by molar-refractivity contribution is -0.115. The molecule has 0 fully saturated rings. The van der Waals surface area contributed by atoms with Crippen molar-refractivity contribution in [2.45, 2.75) is 24.0 Å². The average molecular weight is 626 g/mol. The molecule has 0 aromatic heterocycles. The molecule has 45 heavy (non-hydrogen) atoms. The molecule has 0 bridgehead atoms. The quantitative estimate of drug-likeness (QED) is 0.113. The molecule has 1 unspecified atom stereocenters. The number of amides is 3. The van der Waals surface area contributed by atoms with Crippen LogP contribution in [-0.2, 0) is 9.59 Å². The van der Waals surface area contributed by atoms with Crippen LogP contribution in [-0.4, -0.2) is 43.8 Å². The topological polar surface area (TPSA) is 115 Å². The van der Waals surface area contributed by atoms with Crippen LogP contribution in [0.1, 0.15) is 29.8 Å². The summed E-state index contributed by atoms with van der Waals surface area (Å²) in [6.45, 7) is 4.28. The van der Waals surface area contributed by atoms with E-state index in [0.29, 0.717) is 40.6 Å². The molecule has 10 heteroatoms. The van der Waals surface area contributed by atoms with Crippen LogP contribution in [0.4, 0.5) is 11.4 Å². The van der Waals surface area contributed by atoms with Gasteiger partial charge in [0.25, 0.3) is 11.8 Å². The summed E-state index contributed by atoms with van der Waals surface area (Å²) < 4.78 is 16.4. The number of anilines is 2. The first kappa shape index (κ1) is 32.7. The molecule has 0 saturated carbocycles. The lowest BCUT2D eigenvalue weighted by Gasteiger charge is -2.15. The van der Waals surface area contributed by atoms with E-state index < -0.39 is 17.1 Å². The molecular weight excluding hydrogens is 590 g/mol. The van der Waals surface area contributed by atoms with Gasteiger partial charge in [0.05, 0.1) is 26.1 Å². The Morgan fingerprint density at radius 3 is 2.24 bits per heavy atom. The van der Waals surface area contributed by atoms with Crippen LogP contribution in [0.25, 0.3) is 6.08 Å². The molecule has 4 aromatic rings. The first-order valence-corrected chi connectivity index (χ1v) is 15.1. The number of ether oxygens (including phenoxy) is 3. The van der Waals surface area contributed by atoms with Crippen molar-refractivity contribution < 1.29 is 28.6 Å². The Hall–Kier alpha value is -5.22. The minimum atomic E-state index is -0.549. The molecule has 0 heterocycles. The summed E-state index contributed by atoms with van der Waals surface area (Å²) in [5.41, 5.74) is 2.08. The molecule has 4 rings (SSSR count). The summed E-state index contributed by atoms with van der Waals surface area (Å²) in [5, 5.41) is 8.08. The van der Waals surface area contributed by atoms with Gasteiger partial charge in [0.2, 0.25) is 5.91 Å². The number of methoxy groups -OCH3 is 2. The molecule has 9 nitrogen and oxygen atoms in total. The third-order valence-electron chi connectivity index (χ3n) is 6.47. The van der Waals surface area contributed by atoms with E-state index in [4.69, 9.17) is 14.2 Å². The van der Waals surface area contributed by atoms with Gasteiger partial charge in [-0.2, -0.15) is 0 Å². The largest absolute Gasteiger partial charge is 0.494 e. The van der Waals surface area contributed by atoms with E-state index in [1.54, 1.807) is 97.9 Å². The molecule has 0 aliphatic heterocycles. The predicted molar refractivity (Wildman–Crippen MR) is 178 cm³/mol. The zero-order valence-corrected chi connectivity index (χ0v) is 26.3. The van der Waals surface area contributed by atoms with Gasteiger partial charge in [0.15, 0.2) is 11.5 Å². The summed E-state index contributed by atoms with van der Waals surface area (Å²) in [4.78, 5) is 40.3. The van der Waals surface area contributed by atoms with E-state index in [-0.39, 0.29) is 11.6 Å². The maximum absolute atomic E-state index is 13.6. The van der Waals surface area contributed by atoms with Crippen LogP contribution in [0.15, 0.2) is 108 Å². The second-order valence-corrected chi connectivity index (χ2v) is 11.1. The minimum Gasteiger partial charge on any atom is -0.494 e. The van der Waals surface area contributed by atoms with Crippen molar-refractivity contribution in [2.75, 3.05) is 31.5 Å². The SMILES string of the molecule is CCOc1ccc(NC(=O)C(C)Sc2cccc(NC(=O)/C(=C\c3cccc(OC)c3OC)NC(=O)c3ccccc3)c2)cc1. The van der Waals surface area contributed by atoms with Gasteiger partial charge in [0, 0.05) is 27.4 Å². The molecule has 3 N–H and O–H groups in total. The van der Waals surface area contributed by atoms with Gasteiger partial charge >= 0.3 is 0 Å². The van der Waals surface area contributed by atoms with Crippen molar-refractivity contribution in [2.24, 2.45) is 0 Å². The second-order valence-electron chi connectivity index (χ2n) is 9.65. The molecule has 1 atom stereocenters. The molecule has 232 valence electrons. The Labute approximate surface area is 267 Å². The van der Waals surface area contributed by atoms with Crippen LogP contribution in [0.2, 0.25) is 0 Å². The molecule has 0 radical (unpaired) electrons. The highest BCUT2D eigenvalue weighted by Gasteiger charge is 2.19. The van der Waals surface area contributed by atoms with Crippen molar-refractivity contribution in [3.63, 3.8) is 0 Å². The fourth-order valence-corrected chi connectivity index (χ4v) is 5.20. The summed E-state index contributed by atoms with van der Waals surface area (Å²) in [6.07, 6.45) is 1.53. The number of carbonyl (C=O) groups is 3. The number of thioether (sulfide) groups is 1. The minimum absolute atomic E-state index is 0.00318. The first-order chi connectivity index (χ1) is 21.8. The molecule has 0 spiro atoms. The van der Waals surface area contributed by atoms with Crippen LogP contribution in [0, 0.1) is 0 Å². The summed E-state index contributed by atoms with van der Waals surface area (Å²) in [6, 6.07) is 28.2. The van der Waals surface area contributed by atoms with Gasteiger partial charge in [0.1, 0.15) is 11.4 Å². The zero-order valence-electron chi connectivity index (χ0n) is 25.5. The summed E-state index contributed by atoms with van der Waals surface area (Å²) in [7, 11) is 3.02. The Bertz CT molecular complexity index is 1660. The Morgan fingerprint density at radius 2 is 1.56 bits per heavy atom. The number of rotatable bonds is 13. The number of hydrogen-bond acceptors (Lipinski definition) is 7. The monoisotopic (exact) mass is 625 g/mol. The second kappa shape index (κ2) is 16.0. The van der Waals surface area contributed by atoms with E-state index >= 15 is 0 Å². The van der Waals surface area contributed by atoms with Crippen molar-refractivity contribution in [1.29, 1.82) is 0 Å². The van der Waals surface area contributed by atoms with E-state index in [0.717, 1.165) is 10.6 Å². The van der Waals surface area contributed by atoms with Crippen molar-refractivity contribution in [1.82, 2.24) is 5.32 Å². The van der Waals surface area contributed by atoms with Crippen LogP contribution < -0.4 is 30.2 Å². The van der Waals surface area contributed by atoms with Crippen LogP contribution in [0.3, 0.4) is 0 Å². The highest BCUT2D eigenvalue weighted by Crippen LogP contribution is 2.32. The van der Waals surface area contributed by atoms with Crippen molar-refractivity contribution in [3.05, 3.63) is 114 Å². The van der Waals surface area contributed by atoms with Gasteiger partial charge in [-0.05, 0) is 80.6 Å². The third-order valence-corrected chi connectivity index (χ3v) is 7.56. The molecule has 3 amide bonds. The fraction of sp³-hybridized carbons (Fsp3) is 0.171. The van der Waals surface area contributed by atoms with Crippen molar-refractivity contribution >= 4 is 46.9 Å². The number of nitrogens with one attached hydrogen (secondary N) is 3. The first-order valence-electron chi connectivity index (χ1n) is 14.2. The number of hydrogen-bond donors (Lipinski definition) is 3. The van der Waals surface area contributed by atoms with E-state index in [2.05, 4.69) is 16.0 Å². The molecule has 4 aromatic carbocycles. The lowest BCUT2D eigenvalue weighted by atomic mass is 10.1. The average Bonchev–Trinajstić information content (AvgIpc) is 3.05. The Morgan fingerprint density at radius 1 is 0.822 bits per heavy atom. The molecule has 0 aliphatic rings. The van der Waals surface area contributed by atoms with E-state index in [9.17, 15) is 14.4 Å². The van der Waals surface area contributed by atoms with Gasteiger partial charge in [-0.25, -0.2) is 0 Å². The highest BCUT2D eigenvalue weighted by atomic mass is 32.2. The lowest BCUT2D eigenvalue weighted by Crippen LogP contribution is -2.30. The van der Waals surface area contributed by atoms with Gasteiger partial charge in [-0.15, -0.1) is 11.8 Å². The normalized spacial score (nSPS) is 11.6. The summed E-state index contributed by atoms with van der Waals surface area (Å²) in [5.74, 6) is 0.459. The van der Waals surface area contributed by atoms with Crippen LogP contribution >= 0.6 is 11.8 Å². The Balaban J connectivity index is 1.51. The van der Waals surface area contributed by atoms with E-state index in [1.165, 1.54) is 32.1 Å². The molecule has 0 aliphatic carbocycles. The zero-order chi connectivity index (χ0) is 32.2.